The molecule has 4 N–H and O–H groups in total. The van der Waals surface area contributed by atoms with Crippen molar-refractivity contribution in [3.05, 3.63) is 29.8 Å². The number of thiocarbonyl (C=S) groups is 1. The summed E-state index contributed by atoms with van der Waals surface area (Å²) >= 11 is 4.98. The van der Waals surface area contributed by atoms with Crippen molar-refractivity contribution in [3.8, 4) is 0 Å². The number of amides is 2. The summed E-state index contributed by atoms with van der Waals surface area (Å²) in [5.74, 6) is -0.607. The molecule has 0 aliphatic rings. The van der Waals surface area contributed by atoms with E-state index in [9.17, 15) is 9.59 Å². The molecule has 0 saturated carbocycles. The number of benzene rings is 1. The Bertz CT molecular complexity index is 457. The molecule has 0 bridgehead atoms. The number of carbonyl (C=O) groups is 2. The zero-order valence-electron chi connectivity index (χ0n) is 10.0. The maximum atomic E-state index is 11.3. The van der Waals surface area contributed by atoms with Crippen LogP contribution in [0, 0.1) is 0 Å². The summed E-state index contributed by atoms with van der Waals surface area (Å²) < 4.78 is 0. The van der Waals surface area contributed by atoms with Gasteiger partial charge in [-0.25, -0.2) is 0 Å². The van der Waals surface area contributed by atoms with E-state index in [-0.39, 0.29) is 11.0 Å². The summed E-state index contributed by atoms with van der Waals surface area (Å²) in [7, 11) is 0. The van der Waals surface area contributed by atoms with Crippen LogP contribution in [-0.2, 0) is 4.79 Å². The number of nitrogens with two attached hydrogens (primary N) is 1. The van der Waals surface area contributed by atoms with Gasteiger partial charge in [0.15, 0.2) is 5.11 Å². The van der Waals surface area contributed by atoms with Crippen LogP contribution >= 0.6 is 12.2 Å². The lowest BCUT2D eigenvalue weighted by atomic mass is 10.2. The second kappa shape index (κ2) is 6.70. The van der Waals surface area contributed by atoms with E-state index in [1.165, 1.54) is 0 Å². The Hall–Kier alpha value is -1.95. The Morgan fingerprint density at radius 2 is 1.89 bits per heavy atom. The molecule has 96 valence electrons. The molecule has 1 rings (SSSR count). The third-order valence-electron chi connectivity index (χ3n) is 2.16. The first-order valence-corrected chi connectivity index (χ1v) is 5.94. The number of rotatable bonds is 4. The zero-order chi connectivity index (χ0) is 13.5. The van der Waals surface area contributed by atoms with Crippen molar-refractivity contribution in [2.24, 2.45) is 5.73 Å². The fourth-order valence-corrected chi connectivity index (χ4v) is 1.53. The molecule has 0 atom stereocenters. The molecule has 0 spiro atoms. The van der Waals surface area contributed by atoms with Gasteiger partial charge in [0.05, 0.1) is 0 Å². The lowest BCUT2D eigenvalue weighted by molar-refractivity contribution is -0.119. The first-order chi connectivity index (χ1) is 8.52. The number of anilines is 1. The Balaban J connectivity index is 2.54. The summed E-state index contributed by atoms with van der Waals surface area (Å²) in [6.45, 7) is 1.92. The highest BCUT2D eigenvalue weighted by molar-refractivity contribution is 7.80. The fourth-order valence-electron chi connectivity index (χ4n) is 1.30. The lowest BCUT2D eigenvalue weighted by Crippen LogP contribution is -2.33. The van der Waals surface area contributed by atoms with E-state index < -0.39 is 5.91 Å². The molecule has 1 aromatic rings. The quantitative estimate of drug-likeness (QED) is 0.718. The Kier molecular flexibility index (Phi) is 5.26. The largest absolute Gasteiger partial charge is 0.366 e. The zero-order valence-corrected chi connectivity index (χ0v) is 10.8. The van der Waals surface area contributed by atoms with Crippen molar-refractivity contribution in [2.45, 2.75) is 19.8 Å². The number of carbonyl (C=O) groups excluding carboxylic acids is 2. The van der Waals surface area contributed by atoms with Gasteiger partial charge in [0, 0.05) is 17.7 Å². The van der Waals surface area contributed by atoms with E-state index in [0.717, 1.165) is 6.42 Å². The third kappa shape index (κ3) is 4.50. The monoisotopic (exact) mass is 265 g/mol. The smallest absolute Gasteiger partial charge is 0.248 e. The Labute approximate surface area is 111 Å². The van der Waals surface area contributed by atoms with Crippen molar-refractivity contribution in [2.75, 3.05) is 5.32 Å². The van der Waals surface area contributed by atoms with Crippen LogP contribution in [0.3, 0.4) is 0 Å². The molecule has 1 aromatic carbocycles. The van der Waals surface area contributed by atoms with Gasteiger partial charge in [0.2, 0.25) is 11.8 Å². The highest BCUT2D eigenvalue weighted by Crippen LogP contribution is 2.08. The molecular weight excluding hydrogens is 250 g/mol. The summed E-state index contributed by atoms with van der Waals surface area (Å²) in [6, 6.07) is 6.50. The van der Waals surface area contributed by atoms with Crippen molar-refractivity contribution < 1.29 is 9.59 Å². The van der Waals surface area contributed by atoms with Crippen molar-refractivity contribution in [1.29, 1.82) is 0 Å². The molecule has 2 amide bonds. The molecular formula is C12H15N3O2S. The number of hydrogen-bond acceptors (Lipinski definition) is 3. The molecule has 5 nitrogen and oxygen atoms in total. The molecule has 0 heterocycles. The van der Waals surface area contributed by atoms with Crippen molar-refractivity contribution >= 4 is 34.8 Å². The molecule has 0 radical (unpaired) electrons. The average Bonchev–Trinajstić information content (AvgIpc) is 2.29. The maximum absolute atomic E-state index is 11.3. The van der Waals surface area contributed by atoms with Crippen LogP contribution in [0.15, 0.2) is 24.3 Å². The van der Waals surface area contributed by atoms with Crippen LogP contribution < -0.4 is 16.4 Å². The van der Waals surface area contributed by atoms with Crippen LogP contribution in [0.1, 0.15) is 30.1 Å². The highest BCUT2D eigenvalue weighted by Gasteiger charge is 2.04. The van der Waals surface area contributed by atoms with E-state index in [1.807, 2.05) is 6.92 Å². The van der Waals surface area contributed by atoms with E-state index >= 15 is 0 Å². The van der Waals surface area contributed by atoms with Gasteiger partial charge in [-0.1, -0.05) is 6.92 Å². The summed E-state index contributed by atoms with van der Waals surface area (Å²) in [5.41, 5.74) is 6.22. The molecule has 6 heteroatoms. The minimum absolute atomic E-state index is 0.122. The van der Waals surface area contributed by atoms with Crippen molar-refractivity contribution in [3.63, 3.8) is 0 Å². The second-order valence-corrected chi connectivity index (χ2v) is 4.10. The van der Waals surface area contributed by atoms with Crippen LogP contribution in [-0.4, -0.2) is 16.9 Å². The summed E-state index contributed by atoms with van der Waals surface area (Å²) in [6.07, 6.45) is 1.20. The first kappa shape index (κ1) is 14.1. The van der Waals surface area contributed by atoms with Crippen molar-refractivity contribution in [1.82, 2.24) is 5.32 Å². The minimum Gasteiger partial charge on any atom is -0.366 e. The van der Waals surface area contributed by atoms with Gasteiger partial charge >= 0.3 is 0 Å². The Morgan fingerprint density at radius 3 is 2.39 bits per heavy atom. The number of nitrogens with one attached hydrogen (secondary N) is 2. The van der Waals surface area contributed by atoms with Gasteiger partial charge in [0.25, 0.3) is 0 Å². The average molecular weight is 265 g/mol. The molecule has 0 aliphatic heterocycles. The molecule has 18 heavy (non-hydrogen) atoms. The molecule has 0 aromatic heterocycles. The van der Waals surface area contributed by atoms with Crippen LogP contribution in [0.25, 0.3) is 0 Å². The van der Waals surface area contributed by atoms with E-state index in [0.29, 0.717) is 17.7 Å². The Morgan fingerprint density at radius 1 is 1.28 bits per heavy atom. The van der Waals surface area contributed by atoms with Gasteiger partial charge in [-0.05, 0) is 42.9 Å². The summed E-state index contributed by atoms with van der Waals surface area (Å²) in [4.78, 5) is 22.2. The standard InChI is InChI=1S/C12H15N3O2S/c1-2-3-10(16)15-12(18)14-9-6-4-8(5-7-9)11(13)17/h4-7H,2-3H2,1H3,(H2,13,17)(H2,14,15,16,18). The van der Waals surface area contributed by atoms with Crippen LogP contribution in [0.2, 0.25) is 0 Å². The predicted molar refractivity (Wildman–Crippen MR) is 74.2 cm³/mol. The van der Waals surface area contributed by atoms with Crippen LogP contribution in [0.4, 0.5) is 5.69 Å². The van der Waals surface area contributed by atoms with E-state index in [1.54, 1.807) is 24.3 Å². The summed E-state index contributed by atoms with van der Waals surface area (Å²) in [5, 5.41) is 5.64. The molecule has 0 fully saturated rings. The van der Waals surface area contributed by atoms with Crippen LogP contribution in [0.5, 0.6) is 0 Å². The number of hydrogen-bond donors (Lipinski definition) is 3. The topological polar surface area (TPSA) is 84.2 Å². The van der Waals surface area contributed by atoms with E-state index in [2.05, 4.69) is 10.6 Å². The minimum atomic E-state index is -0.486. The maximum Gasteiger partial charge on any atom is 0.248 e. The first-order valence-electron chi connectivity index (χ1n) is 5.53. The van der Waals surface area contributed by atoms with E-state index in [4.69, 9.17) is 18.0 Å². The molecule has 0 aliphatic carbocycles. The predicted octanol–water partition coefficient (Wildman–Crippen LogP) is 1.40. The highest BCUT2D eigenvalue weighted by atomic mass is 32.1. The SMILES string of the molecule is CCCC(=O)NC(=S)Nc1ccc(C(N)=O)cc1. The third-order valence-corrected chi connectivity index (χ3v) is 2.36. The van der Waals surface area contributed by atoms with Gasteiger partial charge in [-0.3, -0.25) is 9.59 Å². The van der Waals surface area contributed by atoms with Gasteiger partial charge in [-0.2, -0.15) is 0 Å². The van der Waals surface area contributed by atoms with Gasteiger partial charge in [-0.15, -0.1) is 0 Å². The lowest BCUT2D eigenvalue weighted by Gasteiger charge is -2.09. The molecule has 0 saturated heterocycles. The second-order valence-electron chi connectivity index (χ2n) is 3.69. The fraction of sp³-hybridized carbons (Fsp3) is 0.250. The van der Waals surface area contributed by atoms with Gasteiger partial charge < -0.3 is 16.4 Å². The molecule has 0 unspecified atom stereocenters. The van der Waals surface area contributed by atoms with Gasteiger partial charge in [0.1, 0.15) is 0 Å². The normalized spacial score (nSPS) is 9.61. The number of primary amides is 1.